The summed E-state index contributed by atoms with van der Waals surface area (Å²) in [7, 11) is 1.58. The number of aromatic nitrogens is 4. The number of rotatable bonds is 7. The monoisotopic (exact) mass is 501 g/mol. The molecule has 0 atom stereocenters. The maximum absolute atomic E-state index is 13.2. The van der Waals surface area contributed by atoms with Gasteiger partial charge in [0.1, 0.15) is 29.2 Å². The first-order chi connectivity index (χ1) is 17.8. The van der Waals surface area contributed by atoms with Crippen LogP contribution in [0, 0.1) is 25.2 Å². The van der Waals surface area contributed by atoms with Crippen molar-refractivity contribution in [3.8, 4) is 6.07 Å². The minimum absolute atomic E-state index is 0.151. The number of nitrogens with one attached hydrogen (secondary N) is 1. The van der Waals surface area contributed by atoms with Gasteiger partial charge in [0.05, 0.1) is 18.7 Å². The van der Waals surface area contributed by atoms with E-state index in [9.17, 15) is 19.6 Å². The Hall–Kier alpha value is -4.43. The van der Waals surface area contributed by atoms with Crippen LogP contribution in [0.2, 0.25) is 0 Å². The first-order valence-electron chi connectivity index (χ1n) is 11.8. The number of anilines is 2. The second-order valence-corrected chi connectivity index (χ2v) is 8.77. The highest BCUT2D eigenvalue weighted by Gasteiger charge is 2.26. The highest BCUT2D eigenvalue weighted by atomic mass is 16.5. The number of hydrogen-bond donors (Lipinski definition) is 1. The average molecular weight is 502 g/mol. The number of ether oxygens (including phenoxy) is 1. The molecule has 11 heteroatoms. The molecule has 1 aliphatic rings. The fourth-order valence-corrected chi connectivity index (χ4v) is 4.37. The molecule has 37 heavy (non-hydrogen) atoms. The molecule has 0 unspecified atom stereocenters. The Balaban J connectivity index is 1.62. The molecule has 0 saturated heterocycles. The highest BCUT2D eigenvalue weighted by molar-refractivity contribution is 6.01. The van der Waals surface area contributed by atoms with Gasteiger partial charge in [-0.1, -0.05) is 0 Å². The van der Waals surface area contributed by atoms with Gasteiger partial charge in [0.15, 0.2) is 6.29 Å². The molecule has 190 valence electrons. The standard InChI is InChI=1S/C26H27N7O4/c1-16-9-24(35)33(17(2)29-16)14-20-10-19-5-4-7-32(25(19)30-22(20)15-34)26(36)31-23-11-18(6-8-37-3)21(12-27)13-28-23/h9-11,13,15H,4-8,14H2,1-3H3,(H,28,31,36). The van der Waals surface area contributed by atoms with Crippen molar-refractivity contribution < 1.29 is 14.3 Å². The van der Waals surface area contributed by atoms with Gasteiger partial charge in [0.25, 0.3) is 5.56 Å². The van der Waals surface area contributed by atoms with Crippen molar-refractivity contribution in [3.05, 3.63) is 74.2 Å². The van der Waals surface area contributed by atoms with Gasteiger partial charge in [-0.2, -0.15) is 5.26 Å². The van der Waals surface area contributed by atoms with Gasteiger partial charge in [-0.3, -0.25) is 24.4 Å². The van der Waals surface area contributed by atoms with Crippen molar-refractivity contribution in [2.45, 2.75) is 39.7 Å². The van der Waals surface area contributed by atoms with Crippen molar-refractivity contribution in [1.29, 1.82) is 5.26 Å². The second kappa shape index (κ2) is 11.1. The molecule has 3 aromatic rings. The van der Waals surface area contributed by atoms with Crippen molar-refractivity contribution in [2.75, 3.05) is 30.5 Å². The van der Waals surface area contributed by atoms with E-state index in [0.29, 0.717) is 73.0 Å². The molecule has 1 aliphatic heterocycles. The number of fused-ring (bicyclic) bond motifs is 1. The molecule has 0 spiro atoms. The zero-order chi connectivity index (χ0) is 26.5. The molecule has 2 amide bonds. The average Bonchev–Trinajstić information content (AvgIpc) is 2.88. The molecule has 0 saturated carbocycles. The van der Waals surface area contributed by atoms with E-state index in [0.717, 1.165) is 11.1 Å². The number of methoxy groups -OCH3 is 1. The number of nitriles is 1. The summed E-state index contributed by atoms with van der Waals surface area (Å²) in [4.78, 5) is 52.2. The molecule has 0 aromatic carbocycles. The molecule has 0 bridgehead atoms. The number of amides is 2. The predicted molar refractivity (Wildman–Crippen MR) is 136 cm³/mol. The van der Waals surface area contributed by atoms with E-state index in [2.05, 4.69) is 26.3 Å². The molecule has 4 rings (SSSR count). The Morgan fingerprint density at radius 2 is 2.05 bits per heavy atom. The van der Waals surface area contributed by atoms with Gasteiger partial charge in [-0.25, -0.2) is 19.7 Å². The van der Waals surface area contributed by atoms with Crippen LogP contribution in [-0.4, -0.2) is 52.1 Å². The van der Waals surface area contributed by atoms with Gasteiger partial charge in [-0.05, 0) is 56.4 Å². The van der Waals surface area contributed by atoms with E-state index in [1.54, 1.807) is 27.0 Å². The van der Waals surface area contributed by atoms with Crippen LogP contribution in [0.4, 0.5) is 16.4 Å². The fraction of sp³-hybridized carbons (Fsp3) is 0.346. The normalized spacial score (nSPS) is 12.5. The molecule has 0 fully saturated rings. The number of nitrogens with zero attached hydrogens (tertiary/aromatic N) is 6. The lowest BCUT2D eigenvalue weighted by Crippen LogP contribution is -2.40. The summed E-state index contributed by atoms with van der Waals surface area (Å²) < 4.78 is 6.60. The van der Waals surface area contributed by atoms with E-state index in [1.165, 1.54) is 21.7 Å². The lowest BCUT2D eigenvalue weighted by atomic mass is 10.0. The third-order valence-corrected chi connectivity index (χ3v) is 6.21. The van der Waals surface area contributed by atoms with Crippen LogP contribution < -0.4 is 15.8 Å². The van der Waals surface area contributed by atoms with Crippen molar-refractivity contribution >= 4 is 24.0 Å². The van der Waals surface area contributed by atoms with Gasteiger partial charge >= 0.3 is 6.03 Å². The zero-order valence-corrected chi connectivity index (χ0v) is 20.9. The Morgan fingerprint density at radius 3 is 2.76 bits per heavy atom. The van der Waals surface area contributed by atoms with Crippen molar-refractivity contribution in [2.24, 2.45) is 0 Å². The Bertz CT molecular complexity index is 1460. The van der Waals surface area contributed by atoms with E-state index in [-0.39, 0.29) is 17.8 Å². The largest absolute Gasteiger partial charge is 0.384 e. The first kappa shape index (κ1) is 25.7. The molecular formula is C26H27N7O4. The van der Waals surface area contributed by atoms with Gasteiger partial charge in [0, 0.05) is 37.2 Å². The molecule has 1 N–H and O–H groups in total. The first-order valence-corrected chi connectivity index (χ1v) is 11.8. The minimum Gasteiger partial charge on any atom is -0.384 e. The Kier molecular flexibility index (Phi) is 7.69. The summed E-state index contributed by atoms with van der Waals surface area (Å²) in [6, 6.07) is 6.59. The molecule has 3 aromatic heterocycles. The number of aryl methyl sites for hydroxylation is 3. The number of carbonyl (C=O) groups excluding carboxylic acids is 2. The number of urea groups is 1. The summed E-state index contributed by atoms with van der Waals surface area (Å²) in [5.41, 5.74) is 3.10. The lowest BCUT2D eigenvalue weighted by Gasteiger charge is -2.29. The molecule has 11 nitrogen and oxygen atoms in total. The topological polar surface area (TPSA) is 143 Å². The molecule has 4 heterocycles. The Labute approximate surface area is 213 Å². The second-order valence-electron chi connectivity index (χ2n) is 8.77. The van der Waals surface area contributed by atoms with E-state index < -0.39 is 6.03 Å². The van der Waals surface area contributed by atoms with Crippen LogP contribution >= 0.6 is 0 Å². The van der Waals surface area contributed by atoms with Crippen LogP contribution in [0.5, 0.6) is 0 Å². The minimum atomic E-state index is -0.442. The number of hydrogen-bond acceptors (Lipinski definition) is 8. The maximum Gasteiger partial charge on any atom is 0.328 e. The predicted octanol–water partition coefficient (Wildman–Crippen LogP) is 2.56. The third-order valence-electron chi connectivity index (χ3n) is 6.21. The SMILES string of the molecule is COCCc1cc(NC(=O)N2CCCc3cc(Cn4c(C)nc(C)cc4=O)c(C=O)nc32)ncc1C#N. The molecule has 0 radical (unpaired) electrons. The summed E-state index contributed by atoms with van der Waals surface area (Å²) in [6.07, 6.45) is 3.93. The van der Waals surface area contributed by atoms with Crippen LogP contribution in [0.3, 0.4) is 0 Å². The molecular weight excluding hydrogens is 474 g/mol. The Morgan fingerprint density at radius 1 is 1.24 bits per heavy atom. The number of carbonyl (C=O) groups is 2. The van der Waals surface area contributed by atoms with Crippen LogP contribution in [0.25, 0.3) is 0 Å². The van der Waals surface area contributed by atoms with Gasteiger partial charge in [0.2, 0.25) is 0 Å². The van der Waals surface area contributed by atoms with Crippen molar-refractivity contribution in [1.82, 2.24) is 19.5 Å². The summed E-state index contributed by atoms with van der Waals surface area (Å²) >= 11 is 0. The number of pyridine rings is 2. The summed E-state index contributed by atoms with van der Waals surface area (Å²) in [5, 5.41) is 12.1. The van der Waals surface area contributed by atoms with Crippen LogP contribution in [0.15, 0.2) is 29.2 Å². The smallest absolute Gasteiger partial charge is 0.328 e. The zero-order valence-electron chi connectivity index (χ0n) is 20.9. The highest BCUT2D eigenvalue weighted by Crippen LogP contribution is 2.28. The molecule has 0 aliphatic carbocycles. The lowest BCUT2D eigenvalue weighted by molar-refractivity contribution is 0.111. The van der Waals surface area contributed by atoms with E-state index >= 15 is 0 Å². The van der Waals surface area contributed by atoms with Crippen molar-refractivity contribution in [3.63, 3.8) is 0 Å². The van der Waals surface area contributed by atoms with Crippen LogP contribution in [-0.2, 0) is 24.1 Å². The van der Waals surface area contributed by atoms with E-state index in [4.69, 9.17) is 4.74 Å². The van der Waals surface area contributed by atoms with Gasteiger partial charge < -0.3 is 4.74 Å². The van der Waals surface area contributed by atoms with E-state index in [1.807, 2.05) is 6.07 Å². The fourth-order valence-electron chi connectivity index (χ4n) is 4.37. The van der Waals surface area contributed by atoms with Crippen LogP contribution in [0.1, 0.15) is 50.7 Å². The number of aldehydes is 1. The van der Waals surface area contributed by atoms with Gasteiger partial charge in [-0.15, -0.1) is 0 Å². The quantitative estimate of drug-likeness (QED) is 0.487. The third kappa shape index (κ3) is 5.54. The summed E-state index contributed by atoms with van der Waals surface area (Å²) in [6.45, 7) is 4.49. The summed E-state index contributed by atoms with van der Waals surface area (Å²) in [5.74, 6) is 1.24. The maximum atomic E-state index is 13.2.